The van der Waals surface area contributed by atoms with E-state index < -0.39 is 17.7 Å². The average Bonchev–Trinajstić information content (AvgIpc) is 2.91. The summed E-state index contributed by atoms with van der Waals surface area (Å²) in [5.41, 5.74) is 1.27. The molecule has 0 amide bonds. The minimum Gasteiger partial charge on any atom is -0.465 e. The van der Waals surface area contributed by atoms with Crippen LogP contribution in [0.2, 0.25) is 0 Å². The second-order valence-electron chi connectivity index (χ2n) is 7.81. The first kappa shape index (κ1) is 21.0. The van der Waals surface area contributed by atoms with Crippen molar-refractivity contribution in [1.29, 1.82) is 0 Å². The zero-order valence-electron chi connectivity index (χ0n) is 17.1. The number of hydrogen-bond donors (Lipinski definition) is 2. The van der Waals surface area contributed by atoms with Crippen molar-refractivity contribution in [3.8, 4) is 0 Å². The molecule has 2 heterocycles. The number of aliphatic hydroxyl groups is 2. The number of allylic oxidation sites excluding steroid dienone is 5. The van der Waals surface area contributed by atoms with Gasteiger partial charge in [-0.15, -0.1) is 0 Å². The maximum Gasteiger partial charge on any atom is 0.343 e. The average molecular weight is 398 g/mol. The van der Waals surface area contributed by atoms with E-state index in [9.17, 15) is 14.7 Å². The minimum atomic E-state index is -1.31. The van der Waals surface area contributed by atoms with E-state index in [0.29, 0.717) is 28.9 Å². The zero-order valence-corrected chi connectivity index (χ0v) is 17.1. The Balaban J connectivity index is 1.93. The second kappa shape index (κ2) is 7.97. The van der Waals surface area contributed by atoms with Crippen LogP contribution in [0.15, 0.2) is 70.3 Å². The number of Topliss-reactive ketones (excluding diaryl/α,β-unsaturated/α-hetero) is 1. The highest BCUT2D eigenvalue weighted by molar-refractivity contribution is 6.19. The third-order valence-corrected chi connectivity index (χ3v) is 5.38. The summed E-state index contributed by atoms with van der Waals surface area (Å²) in [6.45, 7) is 7.06. The van der Waals surface area contributed by atoms with Crippen LogP contribution < -0.4 is 0 Å². The quantitative estimate of drug-likeness (QED) is 0.406. The van der Waals surface area contributed by atoms with Gasteiger partial charge < -0.3 is 19.7 Å². The smallest absolute Gasteiger partial charge is 0.343 e. The van der Waals surface area contributed by atoms with Crippen LogP contribution in [0.4, 0.5) is 0 Å². The Kier molecular flexibility index (Phi) is 5.78. The summed E-state index contributed by atoms with van der Waals surface area (Å²) in [7, 11) is 0. The Hall–Kier alpha value is -2.70. The molecule has 3 rings (SSSR count). The summed E-state index contributed by atoms with van der Waals surface area (Å²) in [6.07, 6.45) is 10.3. The first-order valence-corrected chi connectivity index (χ1v) is 9.62. The molecule has 0 saturated carbocycles. The van der Waals surface area contributed by atoms with Gasteiger partial charge in [-0.3, -0.25) is 4.79 Å². The standard InChI is InChI=1S/C23H26O6/c1-13(9-14(2)7-8-24)5-6-17-10-16-11-19-20(15(3)25)22(27)29-23(19,4)21(26)18(16)12-28-17/h5-6,9-12,14,21,24,26H,7-8H2,1-4H3. The normalized spacial score (nSPS) is 27.5. The molecule has 0 spiro atoms. The van der Waals surface area contributed by atoms with Crippen molar-refractivity contribution in [3.63, 3.8) is 0 Å². The van der Waals surface area contributed by atoms with Crippen molar-refractivity contribution in [1.82, 2.24) is 0 Å². The number of hydrogen-bond acceptors (Lipinski definition) is 6. The number of ketones is 1. The molecule has 0 bridgehead atoms. The number of esters is 1. The highest BCUT2D eigenvalue weighted by Gasteiger charge is 2.53. The van der Waals surface area contributed by atoms with Crippen molar-refractivity contribution in [3.05, 3.63) is 70.3 Å². The summed E-state index contributed by atoms with van der Waals surface area (Å²) >= 11 is 0. The minimum absolute atomic E-state index is 0.0215. The summed E-state index contributed by atoms with van der Waals surface area (Å²) in [6, 6.07) is 0. The molecule has 0 saturated heterocycles. The monoisotopic (exact) mass is 398 g/mol. The first-order valence-electron chi connectivity index (χ1n) is 9.62. The van der Waals surface area contributed by atoms with Crippen LogP contribution in [0.5, 0.6) is 0 Å². The van der Waals surface area contributed by atoms with E-state index in [4.69, 9.17) is 14.6 Å². The largest absolute Gasteiger partial charge is 0.465 e. The number of fused-ring (bicyclic) bond motifs is 2. The molecule has 6 nitrogen and oxygen atoms in total. The van der Waals surface area contributed by atoms with Gasteiger partial charge in [-0.25, -0.2) is 4.79 Å². The van der Waals surface area contributed by atoms with E-state index in [1.165, 1.54) is 13.2 Å². The predicted octanol–water partition coefficient (Wildman–Crippen LogP) is 2.81. The lowest BCUT2D eigenvalue weighted by molar-refractivity contribution is -0.152. The van der Waals surface area contributed by atoms with Gasteiger partial charge in [0.1, 0.15) is 17.4 Å². The molecular formula is C23H26O6. The molecule has 0 fully saturated rings. The fourth-order valence-electron chi connectivity index (χ4n) is 3.77. The van der Waals surface area contributed by atoms with Crippen LogP contribution in [0.1, 0.15) is 34.1 Å². The molecule has 6 heteroatoms. The maximum absolute atomic E-state index is 12.2. The fourth-order valence-corrected chi connectivity index (χ4v) is 3.77. The molecule has 3 aliphatic rings. The first-order chi connectivity index (χ1) is 13.7. The van der Waals surface area contributed by atoms with Crippen LogP contribution in [0.3, 0.4) is 0 Å². The van der Waals surface area contributed by atoms with E-state index >= 15 is 0 Å². The molecule has 1 aliphatic carbocycles. The van der Waals surface area contributed by atoms with E-state index in [-0.39, 0.29) is 23.9 Å². The Bertz CT molecular complexity index is 927. The molecule has 0 aromatic heterocycles. The highest BCUT2D eigenvalue weighted by Crippen LogP contribution is 2.46. The zero-order chi connectivity index (χ0) is 21.3. The predicted molar refractivity (Wildman–Crippen MR) is 107 cm³/mol. The lowest BCUT2D eigenvalue weighted by Crippen LogP contribution is -2.45. The van der Waals surface area contributed by atoms with Crippen LogP contribution in [0.25, 0.3) is 0 Å². The molecule has 2 aliphatic heterocycles. The van der Waals surface area contributed by atoms with E-state index in [2.05, 4.69) is 6.08 Å². The molecule has 3 unspecified atom stereocenters. The molecule has 154 valence electrons. The Morgan fingerprint density at radius 1 is 1.34 bits per heavy atom. The van der Waals surface area contributed by atoms with Crippen LogP contribution in [-0.4, -0.2) is 40.3 Å². The van der Waals surface area contributed by atoms with Gasteiger partial charge in [-0.05, 0) is 56.9 Å². The van der Waals surface area contributed by atoms with Crippen LogP contribution in [-0.2, 0) is 19.1 Å². The molecule has 0 radical (unpaired) electrons. The summed E-state index contributed by atoms with van der Waals surface area (Å²) in [4.78, 5) is 24.1. The van der Waals surface area contributed by atoms with Gasteiger partial charge >= 0.3 is 5.97 Å². The van der Waals surface area contributed by atoms with Gasteiger partial charge in [0.25, 0.3) is 0 Å². The molecule has 2 N–H and O–H groups in total. The van der Waals surface area contributed by atoms with Crippen molar-refractivity contribution in [2.45, 2.75) is 45.8 Å². The second-order valence-corrected chi connectivity index (χ2v) is 7.81. The SMILES string of the molecule is CC(=O)C1=C2C=C3C=C(C=CC(C)=CC(C)CCO)OC=C3C(O)C2(C)OC1=O. The van der Waals surface area contributed by atoms with Gasteiger partial charge in [0.05, 0.1) is 6.26 Å². The third-order valence-electron chi connectivity index (χ3n) is 5.38. The van der Waals surface area contributed by atoms with Crippen LogP contribution >= 0.6 is 0 Å². The van der Waals surface area contributed by atoms with Crippen molar-refractivity contribution in [2.24, 2.45) is 5.92 Å². The number of ether oxygens (including phenoxy) is 2. The fraction of sp³-hybridized carbons (Fsp3) is 0.391. The van der Waals surface area contributed by atoms with Gasteiger partial charge in [-0.1, -0.05) is 24.6 Å². The third kappa shape index (κ3) is 3.91. The number of aliphatic hydroxyl groups excluding tert-OH is 2. The van der Waals surface area contributed by atoms with Gasteiger partial charge in [0.2, 0.25) is 0 Å². The lowest BCUT2D eigenvalue weighted by atomic mass is 9.76. The topological polar surface area (TPSA) is 93.1 Å². The van der Waals surface area contributed by atoms with Gasteiger partial charge in [-0.2, -0.15) is 0 Å². The van der Waals surface area contributed by atoms with Crippen LogP contribution in [0, 0.1) is 5.92 Å². The number of rotatable bonds is 6. The molecule has 29 heavy (non-hydrogen) atoms. The molecule has 3 atom stereocenters. The van der Waals surface area contributed by atoms with Crippen molar-refractivity contribution in [2.75, 3.05) is 6.61 Å². The Morgan fingerprint density at radius 2 is 2.07 bits per heavy atom. The lowest BCUT2D eigenvalue weighted by Gasteiger charge is -2.37. The van der Waals surface area contributed by atoms with E-state index in [0.717, 1.165) is 5.57 Å². The molecule has 0 aromatic rings. The van der Waals surface area contributed by atoms with Gasteiger partial charge in [0, 0.05) is 17.8 Å². The number of carbonyl (C=O) groups excluding carboxylic acids is 2. The maximum atomic E-state index is 12.2. The van der Waals surface area contributed by atoms with Gasteiger partial charge in [0.15, 0.2) is 11.4 Å². The molecular weight excluding hydrogens is 372 g/mol. The summed E-state index contributed by atoms with van der Waals surface area (Å²) < 4.78 is 11.0. The van der Waals surface area contributed by atoms with E-state index in [1.54, 1.807) is 19.1 Å². The highest BCUT2D eigenvalue weighted by atomic mass is 16.6. The molecule has 0 aromatic carbocycles. The van der Waals surface area contributed by atoms with Crippen molar-refractivity contribution >= 4 is 11.8 Å². The van der Waals surface area contributed by atoms with E-state index in [1.807, 2.05) is 26.0 Å². The summed E-state index contributed by atoms with van der Waals surface area (Å²) in [5, 5.41) is 19.8. The number of carbonyl (C=O) groups is 2. The Labute approximate surface area is 170 Å². The summed E-state index contributed by atoms with van der Waals surface area (Å²) in [5.74, 6) is -0.274. The van der Waals surface area contributed by atoms with Crippen molar-refractivity contribution < 1.29 is 29.3 Å². The Morgan fingerprint density at radius 3 is 2.72 bits per heavy atom.